The van der Waals surface area contributed by atoms with Crippen molar-refractivity contribution < 1.29 is 28.0 Å². The molecule has 3 aromatic rings. The summed E-state index contributed by atoms with van der Waals surface area (Å²) in [7, 11) is 0. The number of hydrogen-bond acceptors (Lipinski definition) is 11. The molecule has 2 N–H and O–H groups in total. The molecule has 1 atom stereocenters. The Kier molecular flexibility index (Phi) is 9.74. The van der Waals surface area contributed by atoms with E-state index in [1.165, 1.54) is 37.4 Å². The standard InChI is InChI=1S/C21H23N7O9S2/c1-3-37-17(30)12-25(16(29)11-26-10-13(2)18(31)22-20(26)32)8-9-27(39(35)36)21-24-23-19(38-21)14-4-6-15(7-5-14)28(33)34/h4-7,10H,3,8-9,11-12H2,1-2H3,(H,35,36)(H,22,31,32). The number of amides is 1. The van der Waals surface area contributed by atoms with E-state index >= 15 is 0 Å². The van der Waals surface area contributed by atoms with Gasteiger partial charge in [-0.25, -0.2) is 13.3 Å². The van der Waals surface area contributed by atoms with Crippen LogP contribution >= 0.6 is 11.3 Å². The van der Waals surface area contributed by atoms with E-state index in [4.69, 9.17) is 4.74 Å². The van der Waals surface area contributed by atoms with E-state index in [-0.39, 0.29) is 36.1 Å². The van der Waals surface area contributed by atoms with Crippen molar-refractivity contribution in [2.45, 2.75) is 20.4 Å². The minimum Gasteiger partial charge on any atom is -0.465 e. The number of carbonyl (C=O) groups excluding carboxylic acids is 2. The topological polar surface area (TPSA) is 211 Å². The first kappa shape index (κ1) is 29.3. The highest BCUT2D eigenvalue weighted by molar-refractivity contribution is 7.81. The molecular formula is C21H23N7O9S2. The third-order valence-electron chi connectivity index (χ3n) is 5.19. The third-order valence-corrected chi connectivity index (χ3v) is 7.03. The maximum atomic E-state index is 13.0. The number of aromatic amines is 1. The normalized spacial score (nSPS) is 11.6. The predicted molar refractivity (Wildman–Crippen MR) is 139 cm³/mol. The second kappa shape index (κ2) is 13.0. The van der Waals surface area contributed by atoms with Gasteiger partial charge < -0.3 is 9.64 Å². The molecule has 0 aliphatic heterocycles. The smallest absolute Gasteiger partial charge is 0.328 e. The second-order valence-electron chi connectivity index (χ2n) is 7.85. The van der Waals surface area contributed by atoms with Crippen LogP contribution in [0.4, 0.5) is 10.8 Å². The number of non-ortho nitro benzene ring substituents is 1. The van der Waals surface area contributed by atoms with Crippen LogP contribution in [0.25, 0.3) is 10.6 Å². The number of rotatable bonds is 12. The predicted octanol–water partition coefficient (Wildman–Crippen LogP) is 0.307. The van der Waals surface area contributed by atoms with Crippen LogP contribution in [0.5, 0.6) is 0 Å². The monoisotopic (exact) mass is 581 g/mol. The molecule has 2 heterocycles. The molecule has 39 heavy (non-hydrogen) atoms. The molecule has 0 radical (unpaired) electrons. The number of hydrogen-bond donors (Lipinski definition) is 2. The molecule has 0 fully saturated rings. The summed E-state index contributed by atoms with van der Waals surface area (Å²) in [6.07, 6.45) is 1.21. The van der Waals surface area contributed by atoms with E-state index in [1.54, 1.807) is 6.92 Å². The van der Waals surface area contributed by atoms with Crippen LogP contribution in [0.1, 0.15) is 12.5 Å². The summed E-state index contributed by atoms with van der Waals surface area (Å²) in [5.74, 6) is -1.42. The van der Waals surface area contributed by atoms with E-state index in [1.807, 2.05) is 0 Å². The molecule has 18 heteroatoms. The zero-order chi connectivity index (χ0) is 28.7. The SMILES string of the molecule is CCOC(=O)CN(CCN(c1nnc(-c2ccc([N+](=O)[O-])cc2)s1)S(=O)O)C(=O)Cn1cc(C)c(=O)[nH]c1=O. The lowest BCUT2D eigenvalue weighted by Gasteiger charge is -2.25. The van der Waals surface area contributed by atoms with Crippen LogP contribution in [-0.4, -0.2) is 76.5 Å². The number of carbonyl (C=O) groups is 2. The summed E-state index contributed by atoms with van der Waals surface area (Å²) in [6.45, 7) is 1.58. The molecule has 0 aliphatic rings. The Morgan fingerprint density at radius 3 is 2.54 bits per heavy atom. The van der Waals surface area contributed by atoms with Gasteiger partial charge in [-0.05, 0) is 26.0 Å². The quantitative estimate of drug-likeness (QED) is 0.129. The van der Waals surface area contributed by atoms with Crippen molar-refractivity contribution >= 4 is 45.3 Å². The number of benzene rings is 1. The van der Waals surface area contributed by atoms with Crippen molar-refractivity contribution in [1.29, 1.82) is 0 Å². The Balaban J connectivity index is 1.79. The number of esters is 1. The molecule has 2 aromatic heterocycles. The molecule has 0 saturated heterocycles. The molecule has 0 bridgehead atoms. The minimum atomic E-state index is -2.60. The Bertz CT molecular complexity index is 1500. The Hall–Kier alpha value is -4.29. The number of nitrogens with zero attached hydrogens (tertiary/aromatic N) is 6. The van der Waals surface area contributed by atoms with Gasteiger partial charge in [-0.15, -0.1) is 10.2 Å². The maximum Gasteiger partial charge on any atom is 0.328 e. The van der Waals surface area contributed by atoms with Crippen molar-refractivity contribution in [2.24, 2.45) is 0 Å². The lowest BCUT2D eigenvalue weighted by molar-refractivity contribution is -0.384. The highest BCUT2D eigenvalue weighted by atomic mass is 32.2. The molecule has 3 rings (SSSR count). The van der Waals surface area contributed by atoms with Crippen LogP contribution in [0.15, 0.2) is 40.1 Å². The van der Waals surface area contributed by atoms with Gasteiger partial charge in [0, 0.05) is 36.0 Å². The molecular weight excluding hydrogens is 558 g/mol. The Morgan fingerprint density at radius 2 is 1.92 bits per heavy atom. The van der Waals surface area contributed by atoms with Crippen LogP contribution in [0.2, 0.25) is 0 Å². The number of aromatic nitrogens is 4. The molecule has 0 aliphatic carbocycles. The van der Waals surface area contributed by atoms with E-state index in [9.17, 15) is 38.1 Å². The van der Waals surface area contributed by atoms with Gasteiger partial charge in [0.25, 0.3) is 22.5 Å². The van der Waals surface area contributed by atoms with E-state index in [0.717, 1.165) is 25.1 Å². The van der Waals surface area contributed by atoms with Gasteiger partial charge in [0.05, 0.1) is 18.1 Å². The van der Waals surface area contributed by atoms with Crippen LogP contribution in [0.3, 0.4) is 0 Å². The Labute approximate surface area is 226 Å². The molecule has 208 valence electrons. The number of nitro groups is 1. The van der Waals surface area contributed by atoms with Crippen molar-refractivity contribution in [3.05, 3.63) is 67.0 Å². The summed E-state index contributed by atoms with van der Waals surface area (Å²) in [5, 5.41) is 19.1. The lowest BCUT2D eigenvalue weighted by Crippen LogP contribution is -2.45. The van der Waals surface area contributed by atoms with Gasteiger partial charge in [0.15, 0.2) is 0 Å². The first-order valence-corrected chi connectivity index (χ1v) is 13.1. The van der Waals surface area contributed by atoms with Crippen LogP contribution < -0.4 is 15.6 Å². The van der Waals surface area contributed by atoms with Crippen LogP contribution in [0, 0.1) is 17.0 Å². The molecule has 16 nitrogen and oxygen atoms in total. The van der Waals surface area contributed by atoms with Gasteiger partial charge in [-0.3, -0.25) is 38.6 Å². The van der Waals surface area contributed by atoms with E-state index < -0.39 is 52.4 Å². The first-order chi connectivity index (χ1) is 18.5. The summed E-state index contributed by atoms with van der Waals surface area (Å²) < 4.78 is 28.8. The average molecular weight is 582 g/mol. The van der Waals surface area contributed by atoms with Gasteiger partial charge in [0.1, 0.15) is 18.1 Å². The van der Waals surface area contributed by atoms with E-state index in [0.29, 0.717) is 10.6 Å². The number of H-pyrrole nitrogens is 1. The fraction of sp³-hybridized carbons (Fsp3) is 0.333. The fourth-order valence-electron chi connectivity index (χ4n) is 3.25. The largest absolute Gasteiger partial charge is 0.465 e. The van der Waals surface area contributed by atoms with Gasteiger partial charge in [-0.2, -0.15) is 0 Å². The summed E-state index contributed by atoms with van der Waals surface area (Å²) in [5.41, 5.74) is -0.846. The highest BCUT2D eigenvalue weighted by Gasteiger charge is 2.24. The highest BCUT2D eigenvalue weighted by Crippen LogP contribution is 2.30. The number of aryl methyl sites for hydroxylation is 1. The molecule has 0 saturated carbocycles. The summed E-state index contributed by atoms with van der Waals surface area (Å²) >= 11 is -1.66. The first-order valence-electron chi connectivity index (χ1n) is 11.2. The zero-order valence-electron chi connectivity index (χ0n) is 20.6. The van der Waals surface area contributed by atoms with Gasteiger partial charge in [0.2, 0.25) is 11.0 Å². The van der Waals surface area contributed by atoms with E-state index in [2.05, 4.69) is 15.2 Å². The lowest BCUT2D eigenvalue weighted by atomic mass is 10.2. The average Bonchev–Trinajstić information content (AvgIpc) is 3.36. The maximum absolute atomic E-state index is 13.0. The van der Waals surface area contributed by atoms with Gasteiger partial charge in [-0.1, -0.05) is 11.3 Å². The molecule has 1 aromatic carbocycles. The summed E-state index contributed by atoms with van der Waals surface area (Å²) in [4.78, 5) is 62.3. The third kappa shape index (κ3) is 7.62. The van der Waals surface area contributed by atoms with Crippen molar-refractivity contribution in [2.75, 3.05) is 30.5 Å². The van der Waals surface area contributed by atoms with Crippen LogP contribution in [-0.2, 0) is 32.1 Å². The second-order valence-corrected chi connectivity index (χ2v) is 9.70. The summed E-state index contributed by atoms with van der Waals surface area (Å²) in [6, 6.07) is 5.49. The van der Waals surface area contributed by atoms with Gasteiger partial charge >= 0.3 is 11.7 Å². The minimum absolute atomic E-state index is 0.0141. The van der Waals surface area contributed by atoms with Crippen molar-refractivity contribution in [1.82, 2.24) is 24.6 Å². The zero-order valence-corrected chi connectivity index (χ0v) is 22.3. The fourth-order valence-corrected chi connectivity index (χ4v) is 4.74. The number of anilines is 1. The number of nitro benzene ring substituents is 1. The molecule has 1 amide bonds. The number of nitrogens with one attached hydrogen (secondary N) is 1. The molecule has 0 spiro atoms. The molecule has 1 unspecified atom stereocenters. The van der Waals surface area contributed by atoms with Crippen molar-refractivity contribution in [3.8, 4) is 10.6 Å². The Morgan fingerprint density at radius 1 is 1.23 bits per heavy atom. The number of ether oxygens (including phenoxy) is 1. The van der Waals surface area contributed by atoms with Crippen molar-refractivity contribution in [3.63, 3.8) is 0 Å².